The lowest BCUT2D eigenvalue weighted by molar-refractivity contribution is -0.142. The largest absolute Gasteiger partial charge is 0.481 e. The van der Waals surface area contributed by atoms with Crippen LogP contribution in [0.15, 0.2) is 0 Å². The zero-order chi connectivity index (χ0) is 39.1. The van der Waals surface area contributed by atoms with Crippen LogP contribution in [-0.4, -0.2) is 29.6 Å². The fourth-order valence-electron chi connectivity index (χ4n) is 7.82. The SMILES string of the molecule is CCCCC(CC)C(=O)O.CCCCCCCCCCCCCCP(CCCCCCCCCCCCCC)CCCCCCCCCCCCCC. The lowest BCUT2D eigenvalue weighted by Crippen LogP contribution is -2.11. The van der Waals surface area contributed by atoms with Crippen molar-refractivity contribution in [3.05, 3.63) is 0 Å². The third kappa shape index (κ3) is 48.0. The Kier molecular flexibility index (Phi) is 51.8. The van der Waals surface area contributed by atoms with Gasteiger partial charge in [-0.2, -0.15) is 0 Å². The summed E-state index contributed by atoms with van der Waals surface area (Å²) in [4.78, 5) is 10.4. The molecule has 0 radical (unpaired) electrons. The van der Waals surface area contributed by atoms with Crippen LogP contribution in [0.2, 0.25) is 0 Å². The molecule has 3 heteroatoms. The van der Waals surface area contributed by atoms with Crippen LogP contribution < -0.4 is 0 Å². The van der Waals surface area contributed by atoms with Crippen LogP contribution in [0.25, 0.3) is 0 Å². The minimum atomic E-state index is -0.643. The van der Waals surface area contributed by atoms with Gasteiger partial charge in [-0.25, -0.2) is 0 Å². The molecule has 0 heterocycles. The molecule has 0 aromatic rings. The topological polar surface area (TPSA) is 37.3 Å². The van der Waals surface area contributed by atoms with Crippen molar-refractivity contribution >= 4 is 13.9 Å². The predicted octanol–water partition coefficient (Wildman–Crippen LogP) is 18.9. The van der Waals surface area contributed by atoms with Gasteiger partial charge in [-0.3, -0.25) is 4.79 Å². The van der Waals surface area contributed by atoms with Crippen LogP contribution >= 0.6 is 7.92 Å². The van der Waals surface area contributed by atoms with Gasteiger partial charge in [-0.1, -0.05) is 259 Å². The molecular weight excluding hydrogens is 664 g/mol. The quantitative estimate of drug-likeness (QED) is 0.0495. The van der Waals surface area contributed by atoms with Gasteiger partial charge in [0.1, 0.15) is 0 Å². The second-order valence-corrected chi connectivity index (χ2v) is 19.8. The summed E-state index contributed by atoms with van der Waals surface area (Å²) in [5.74, 6) is -0.754. The number of carboxylic acids is 1. The van der Waals surface area contributed by atoms with Gasteiger partial charge in [-0.05, 0) is 50.6 Å². The third-order valence-electron chi connectivity index (χ3n) is 11.7. The lowest BCUT2D eigenvalue weighted by atomic mass is 10.00. The van der Waals surface area contributed by atoms with Crippen molar-refractivity contribution in [3.8, 4) is 0 Å². The van der Waals surface area contributed by atoms with E-state index < -0.39 is 5.97 Å². The molecule has 0 rings (SSSR count). The molecule has 1 unspecified atom stereocenters. The summed E-state index contributed by atoms with van der Waals surface area (Å²) in [5.41, 5.74) is 0. The lowest BCUT2D eigenvalue weighted by Gasteiger charge is -2.18. The smallest absolute Gasteiger partial charge is 0.306 e. The first-order valence-electron chi connectivity index (χ1n) is 25.0. The molecule has 0 fully saturated rings. The molecular formula is C50H103O2P. The summed E-state index contributed by atoms with van der Waals surface area (Å²) in [6.45, 7) is 11.0. The predicted molar refractivity (Wildman–Crippen MR) is 246 cm³/mol. The molecule has 0 aliphatic heterocycles. The van der Waals surface area contributed by atoms with Gasteiger partial charge in [0.25, 0.3) is 0 Å². The molecule has 0 saturated carbocycles. The Morgan fingerprint density at radius 3 is 0.736 bits per heavy atom. The first-order valence-corrected chi connectivity index (χ1v) is 26.9. The highest BCUT2D eigenvalue weighted by atomic mass is 31.1. The van der Waals surface area contributed by atoms with E-state index >= 15 is 0 Å². The minimum Gasteiger partial charge on any atom is -0.481 e. The fraction of sp³-hybridized carbons (Fsp3) is 0.980. The summed E-state index contributed by atoms with van der Waals surface area (Å²) in [6.07, 6.45) is 62.0. The molecule has 1 atom stereocenters. The molecule has 0 saturated heterocycles. The van der Waals surface area contributed by atoms with Gasteiger partial charge in [0, 0.05) is 0 Å². The van der Waals surface area contributed by atoms with Gasteiger partial charge in [0.2, 0.25) is 0 Å². The zero-order valence-electron chi connectivity index (χ0n) is 37.8. The molecule has 0 aromatic carbocycles. The number of rotatable bonds is 44. The number of aliphatic carboxylic acids is 1. The summed E-state index contributed by atoms with van der Waals surface area (Å²) in [7, 11) is 0.326. The minimum absolute atomic E-state index is 0.111. The summed E-state index contributed by atoms with van der Waals surface area (Å²) in [5, 5.41) is 8.60. The van der Waals surface area contributed by atoms with Crippen molar-refractivity contribution in [2.75, 3.05) is 18.5 Å². The van der Waals surface area contributed by atoms with Crippen molar-refractivity contribution in [1.29, 1.82) is 0 Å². The zero-order valence-corrected chi connectivity index (χ0v) is 38.7. The Morgan fingerprint density at radius 2 is 0.547 bits per heavy atom. The van der Waals surface area contributed by atoms with Crippen molar-refractivity contribution in [2.45, 2.75) is 291 Å². The Balaban J connectivity index is 0. The number of hydrogen-bond donors (Lipinski definition) is 1. The molecule has 0 aromatic heterocycles. The van der Waals surface area contributed by atoms with E-state index in [2.05, 4.69) is 27.7 Å². The Morgan fingerprint density at radius 1 is 0.340 bits per heavy atom. The van der Waals surface area contributed by atoms with Crippen LogP contribution in [0.5, 0.6) is 0 Å². The van der Waals surface area contributed by atoms with Crippen LogP contribution in [0.4, 0.5) is 0 Å². The van der Waals surface area contributed by atoms with E-state index in [1.807, 2.05) is 6.92 Å². The molecule has 1 N–H and O–H groups in total. The Bertz CT molecular complexity index is 585. The van der Waals surface area contributed by atoms with Gasteiger partial charge in [0.15, 0.2) is 0 Å². The van der Waals surface area contributed by atoms with Gasteiger partial charge in [-0.15, -0.1) is 7.92 Å². The first-order chi connectivity index (χ1) is 26.1. The monoisotopic (exact) mass is 767 g/mol. The molecule has 320 valence electrons. The van der Waals surface area contributed by atoms with E-state index in [1.54, 1.807) is 37.7 Å². The van der Waals surface area contributed by atoms with Crippen molar-refractivity contribution in [1.82, 2.24) is 0 Å². The van der Waals surface area contributed by atoms with Crippen molar-refractivity contribution in [3.63, 3.8) is 0 Å². The molecule has 0 aliphatic rings. The molecule has 0 bridgehead atoms. The van der Waals surface area contributed by atoms with Crippen LogP contribution in [-0.2, 0) is 4.79 Å². The van der Waals surface area contributed by atoms with E-state index in [0.29, 0.717) is 7.92 Å². The molecule has 2 nitrogen and oxygen atoms in total. The van der Waals surface area contributed by atoms with Crippen molar-refractivity contribution in [2.24, 2.45) is 5.92 Å². The van der Waals surface area contributed by atoms with Gasteiger partial charge in [0.05, 0.1) is 5.92 Å². The first kappa shape index (κ1) is 55.0. The number of carbonyl (C=O) groups is 1. The van der Waals surface area contributed by atoms with Crippen LogP contribution in [0.3, 0.4) is 0 Å². The maximum absolute atomic E-state index is 10.4. The molecule has 0 amide bonds. The maximum Gasteiger partial charge on any atom is 0.306 e. The summed E-state index contributed by atoms with van der Waals surface area (Å²) in [6, 6.07) is 0. The van der Waals surface area contributed by atoms with Gasteiger partial charge >= 0.3 is 5.97 Å². The highest BCUT2D eigenvalue weighted by molar-refractivity contribution is 7.57. The molecule has 0 aliphatic carbocycles. The van der Waals surface area contributed by atoms with E-state index in [0.717, 1.165) is 25.7 Å². The fourth-order valence-corrected chi connectivity index (χ4v) is 10.5. The molecule has 53 heavy (non-hydrogen) atoms. The highest BCUT2D eigenvalue weighted by Gasteiger charge is 2.13. The van der Waals surface area contributed by atoms with Crippen molar-refractivity contribution < 1.29 is 9.90 Å². The Hall–Kier alpha value is -0.100. The maximum atomic E-state index is 10.4. The van der Waals surface area contributed by atoms with E-state index in [9.17, 15) is 4.79 Å². The Labute approximate surface area is 338 Å². The number of unbranched alkanes of at least 4 members (excludes halogenated alkanes) is 34. The second kappa shape index (κ2) is 49.9. The number of hydrogen-bond acceptors (Lipinski definition) is 1. The third-order valence-corrected chi connectivity index (χ3v) is 14.6. The average molecular weight is 767 g/mol. The standard InChI is InChI=1S/C42H87P.C8H16O2/c1-4-7-10-13-16-19-22-25-28-31-34-37-40-43(41-38-35-32-29-26-23-20-17-14-11-8-5-2)42-39-36-33-30-27-24-21-18-15-12-9-6-3;1-3-5-6-7(4-2)8(9)10/h4-42H2,1-3H3;7H,3-6H2,1-2H3,(H,9,10). The van der Waals surface area contributed by atoms with Gasteiger partial charge < -0.3 is 5.11 Å². The van der Waals surface area contributed by atoms with E-state index in [1.165, 1.54) is 212 Å². The highest BCUT2D eigenvalue weighted by Crippen LogP contribution is 2.39. The summed E-state index contributed by atoms with van der Waals surface area (Å²) >= 11 is 0. The summed E-state index contributed by atoms with van der Waals surface area (Å²) < 4.78 is 0. The molecule has 0 spiro atoms. The van der Waals surface area contributed by atoms with Crippen LogP contribution in [0.1, 0.15) is 291 Å². The van der Waals surface area contributed by atoms with E-state index in [4.69, 9.17) is 5.11 Å². The van der Waals surface area contributed by atoms with Crippen LogP contribution in [0, 0.1) is 5.92 Å². The average Bonchev–Trinajstić information content (AvgIpc) is 3.16. The number of carboxylic acid groups (broad SMARTS) is 1. The second-order valence-electron chi connectivity index (χ2n) is 17.1. The van der Waals surface area contributed by atoms with E-state index in [-0.39, 0.29) is 5.92 Å². The normalized spacial score (nSPS) is 12.0.